The number of rotatable bonds is 3. The molecule has 1 aliphatic heterocycles. The van der Waals surface area contributed by atoms with E-state index >= 15 is 0 Å². The summed E-state index contributed by atoms with van der Waals surface area (Å²) in [5.41, 5.74) is 2.66. The molecule has 25 heavy (non-hydrogen) atoms. The Labute approximate surface area is 155 Å². The molecule has 2 aliphatic carbocycles. The van der Waals surface area contributed by atoms with Crippen LogP contribution in [0.4, 0.5) is 5.69 Å². The van der Waals surface area contributed by atoms with Gasteiger partial charge in [-0.3, -0.25) is 19.3 Å². The third kappa shape index (κ3) is 2.62. The largest absolute Gasteiger partial charge is 0.324 e. The molecule has 6 heteroatoms. The van der Waals surface area contributed by atoms with Crippen molar-refractivity contribution in [1.29, 1.82) is 0 Å². The average Bonchev–Trinajstić information content (AvgIpc) is 3.22. The molecule has 4 atom stereocenters. The average molecular weight is 405 g/mol. The SMILES string of the molecule is Cc1cc(NC(=O)CN2C(=O)[C@@H]3[C@H]4CC[C@@H](C4)[C@H]3C2=O)c(C)cc1Br. The van der Waals surface area contributed by atoms with E-state index in [1.54, 1.807) is 0 Å². The maximum absolute atomic E-state index is 12.7. The van der Waals surface area contributed by atoms with Crippen molar-refractivity contribution in [1.82, 2.24) is 4.90 Å². The first-order chi connectivity index (χ1) is 11.9. The minimum atomic E-state index is -0.321. The summed E-state index contributed by atoms with van der Waals surface area (Å²) in [5, 5.41) is 2.84. The summed E-state index contributed by atoms with van der Waals surface area (Å²) in [4.78, 5) is 38.9. The highest BCUT2D eigenvalue weighted by Gasteiger charge is 2.60. The number of likely N-dealkylation sites (tertiary alicyclic amines) is 1. The van der Waals surface area contributed by atoms with Gasteiger partial charge in [-0.25, -0.2) is 0 Å². The Morgan fingerprint density at radius 3 is 2.32 bits per heavy atom. The first kappa shape index (κ1) is 16.8. The summed E-state index contributed by atoms with van der Waals surface area (Å²) in [6, 6.07) is 3.83. The summed E-state index contributed by atoms with van der Waals surface area (Å²) in [6.45, 7) is 3.68. The number of anilines is 1. The standard InChI is InChI=1S/C19H21BrN2O3/c1-9-6-14(10(2)5-13(9)20)21-15(23)8-22-18(24)16-11-3-4-12(7-11)17(16)19(22)25/h5-6,11-12,16-17H,3-4,7-8H2,1-2H3,(H,21,23)/t11-,12-,16+,17+/m0/s1. The second-order valence-electron chi connectivity index (χ2n) is 7.61. The van der Waals surface area contributed by atoms with Crippen molar-refractivity contribution in [2.45, 2.75) is 33.1 Å². The number of benzene rings is 1. The lowest BCUT2D eigenvalue weighted by atomic mass is 9.81. The molecule has 2 saturated carbocycles. The Morgan fingerprint density at radius 1 is 1.12 bits per heavy atom. The Morgan fingerprint density at radius 2 is 1.72 bits per heavy atom. The fraction of sp³-hybridized carbons (Fsp3) is 0.526. The molecule has 0 unspecified atom stereocenters. The molecule has 132 valence electrons. The minimum Gasteiger partial charge on any atom is -0.324 e. The zero-order chi connectivity index (χ0) is 17.9. The molecule has 3 amide bonds. The molecule has 4 rings (SSSR count). The molecule has 5 nitrogen and oxygen atoms in total. The van der Waals surface area contributed by atoms with Crippen LogP contribution in [0.15, 0.2) is 16.6 Å². The van der Waals surface area contributed by atoms with Gasteiger partial charge in [0.1, 0.15) is 6.54 Å². The summed E-state index contributed by atoms with van der Waals surface area (Å²) in [7, 11) is 0. The van der Waals surface area contributed by atoms with E-state index in [1.165, 1.54) is 4.90 Å². The number of hydrogen-bond acceptors (Lipinski definition) is 3. The molecule has 1 aromatic carbocycles. The number of imide groups is 1. The summed E-state index contributed by atoms with van der Waals surface area (Å²) >= 11 is 3.47. The molecule has 1 aromatic rings. The van der Waals surface area contributed by atoms with Crippen molar-refractivity contribution in [2.24, 2.45) is 23.7 Å². The van der Waals surface area contributed by atoms with E-state index in [9.17, 15) is 14.4 Å². The van der Waals surface area contributed by atoms with Crippen LogP contribution in [0.5, 0.6) is 0 Å². The third-order valence-electron chi connectivity index (χ3n) is 6.10. The second kappa shape index (κ2) is 5.94. The molecule has 0 aromatic heterocycles. The number of nitrogens with zero attached hydrogens (tertiary/aromatic N) is 1. The van der Waals surface area contributed by atoms with Crippen LogP contribution < -0.4 is 5.32 Å². The van der Waals surface area contributed by atoms with Gasteiger partial charge in [0.2, 0.25) is 17.7 Å². The lowest BCUT2D eigenvalue weighted by Crippen LogP contribution is -2.39. The van der Waals surface area contributed by atoms with E-state index < -0.39 is 0 Å². The molecule has 2 bridgehead atoms. The van der Waals surface area contributed by atoms with Gasteiger partial charge in [0.25, 0.3) is 0 Å². The van der Waals surface area contributed by atoms with Crippen molar-refractivity contribution in [3.8, 4) is 0 Å². The highest BCUT2D eigenvalue weighted by atomic mass is 79.9. The summed E-state index contributed by atoms with van der Waals surface area (Å²) in [6.07, 6.45) is 3.09. The molecular weight excluding hydrogens is 384 g/mol. The van der Waals surface area contributed by atoms with Crippen LogP contribution in [0.3, 0.4) is 0 Å². The van der Waals surface area contributed by atoms with Crippen LogP contribution in [0, 0.1) is 37.5 Å². The van der Waals surface area contributed by atoms with Gasteiger partial charge in [-0.2, -0.15) is 0 Å². The van der Waals surface area contributed by atoms with E-state index in [0.29, 0.717) is 17.5 Å². The topological polar surface area (TPSA) is 66.5 Å². The number of aryl methyl sites for hydroxylation is 2. The number of fused-ring (bicyclic) bond motifs is 5. The van der Waals surface area contributed by atoms with Crippen molar-refractivity contribution in [3.63, 3.8) is 0 Å². The van der Waals surface area contributed by atoms with Crippen LogP contribution in [0.1, 0.15) is 30.4 Å². The number of hydrogen-bond donors (Lipinski definition) is 1. The summed E-state index contributed by atoms with van der Waals surface area (Å²) in [5.74, 6) is -0.251. The predicted molar refractivity (Wildman–Crippen MR) is 96.8 cm³/mol. The lowest BCUT2D eigenvalue weighted by Gasteiger charge is -2.19. The normalized spacial score (nSPS) is 30.1. The van der Waals surface area contributed by atoms with E-state index in [1.807, 2.05) is 26.0 Å². The monoisotopic (exact) mass is 404 g/mol. The predicted octanol–water partition coefficient (Wildman–Crippen LogP) is 3.04. The van der Waals surface area contributed by atoms with Crippen LogP contribution in [0.25, 0.3) is 0 Å². The third-order valence-corrected chi connectivity index (χ3v) is 6.95. The molecule has 0 spiro atoms. The van der Waals surface area contributed by atoms with Crippen LogP contribution >= 0.6 is 15.9 Å². The van der Waals surface area contributed by atoms with E-state index in [4.69, 9.17) is 0 Å². The molecule has 1 N–H and O–H groups in total. The molecule has 1 saturated heterocycles. The van der Waals surface area contributed by atoms with Gasteiger partial charge in [0.15, 0.2) is 0 Å². The second-order valence-corrected chi connectivity index (χ2v) is 8.47. The molecule has 3 fully saturated rings. The smallest absolute Gasteiger partial charge is 0.244 e. The van der Waals surface area contributed by atoms with Crippen molar-refractivity contribution >= 4 is 39.3 Å². The number of halogens is 1. The molecule has 3 aliphatic rings. The number of nitrogens with one attached hydrogen (secondary N) is 1. The molecule has 0 radical (unpaired) electrons. The van der Waals surface area contributed by atoms with Gasteiger partial charge in [0.05, 0.1) is 11.8 Å². The Bertz CT molecular complexity index is 763. The zero-order valence-corrected chi connectivity index (χ0v) is 15.9. The zero-order valence-electron chi connectivity index (χ0n) is 14.3. The fourth-order valence-electron chi connectivity index (χ4n) is 4.88. The highest BCUT2D eigenvalue weighted by molar-refractivity contribution is 9.10. The summed E-state index contributed by atoms with van der Waals surface area (Å²) < 4.78 is 0.983. The van der Waals surface area contributed by atoms with Crippen molar-refractivity contribution in [2.75, 3.05) is 11.9 Å². The quantitative estimate of drug-likeness (QED) is 0.787. The van der Waals surface area contributed by atoms with Crippen molar-refractivity contribution < 1.29 is 14.4 Å². The Balaban J connectivity index is 1.48. The minimum absolute atomic E-state index is 0.138. The Hall–Kier alpha value is -1.69. The van der Waals surface area contributed by atoms with Crippen LogP contribution in [-0.4, -0.2) is 29.2 Å². The molecule has 1 heterocycles. The van der Waals surface area contributed by atoms with E-state index in [2.05, 4.69) is 21.2 Å². The first-order valence-corrected chi connectivity index (χ1v) is 9.58. The molecular formula is C19H21BrN2O3. The van der Waals surface area contributed by atoms with Gasteiger partial charge < -0.3 is 5.32 Å². The van der Waals surface area contributed by atoms with Gasteiger partial charge in [-0.05, 0) is 68.2 Å². The lowest BCUT2D eigenvalue weighted by molar-refractivity contribution is -0.143. The van der Waals surface area contributed by atoms with Gasteiger partial charge >= 0.3 is 0 Å². The number of carbonyl (C=O) groups excluding carboxylic acids is 3. The fourth-order valence-corrected chi connectivity index (χ4v) is 5.33. The van der Waals surface area contributed by atoms with Gasteiger partial charge in [-0.1, -0.05) is 15.9 Å². The Kier molecular flexibility index (Phi) is 3.98. The number of carbonyl (C=O) groups is 3. The van der Waals surface area contributed by atoms with E-state index in [-0.39, 0.29) is 36.1 Å². The van der Waals surface area contributed by atoms with Crippen LogP contribution in [-0.2, 0) is 14.4 Å². The van der Waals surface area contributed by atoms with E-state index in [0.717, 1.165) is 34.9 Å². The maximum Gasteiger partial charge on any atom is 0.244 e. The first-order valence-electron chi connectivity index (χ1n) is 8.78. The highest BCUT2D eigenvalue weighted by Crippen LogP contribution is 2.56. The van der Waals surface area contributed by atoms with Gasteiger partial charge in [0, 0.05) is 10.2 Å². The van der Waals surface area contributed by atoms with Crippen LogP contribution in [0.2, 0.25) is 0 Å². The maximum atomic E-state index is 12.7. The number of amides is 3. The van der Waals surface area contributed by atoms with Gasteiger partial charge in [-0.15, -0.1) is 0 Å². The van der Waals surface area contributed by atoms with Crippen molar-refractivity contribution in [3.05, 3.63) is 27.7 Å².